The summed E-state index contributed by atoms with van der Waals surface area (Å²) >= 11 is 0. The van der Waals surface area contributed by atoms with Crippen LogP contribution in [-0.2, 0) is 13.1 Å². The highest BCUT2D eigenvalue weighted by molar-refractivity contribution is 5.81. The summed E-state index contributed by atoms with van der Waals surface area (Å²) in [7, 11) is 0. The zero-order chi connectivity index (χ0) is 13.8. The van der Waals surface area contributed by atoms with Crippen LogP contribution in [0.3, 0.4) is 0 Å². The Labute approximate surface area is 118 Å². The maximum absolute atomic E-state index is 5.67. The van der Waals surface area contributed by atoms with Gasteiger partial charge in [-0.3, -0.25) is 4.68 Å². The van der Waals surface area contributed by atoms with Crippen LogP contribution in [0.4, 0.5) is 0 Å². The van der Waals surface area contributed by atoms with Gasteiger partial charge in [0.1, 0.15) is 5.75 Å². The quantitative estimate of drug-likeness (QED) is 0.687. The van der Waals surface area contributed by atoms with Crippen molar-refractivity contribution in [1.82, 2.24) is 14.3 Å². The standard InChI is InChI=1S/C16H19N3O/c1-2-12-20-15-4-5-16-14(13-15)6-9-18(16)10-11-19-8-3-7-17-19/h3-9,13H,2,10-12H2,1H3. The molecule has 3 aromatic rings. The summed E-state index contributed by atoms with van der Waals surface area (Å²) in [6, 6.07) is 10.4. The Morgan fingerprint density at radius 3 is 2.90 bits per heavy atom. The number of hydrogen-bond acceptors (Lipinski definition) is 2. The van der Waals surface area contributed by atoms with E-state index in [9.17, 15) is 0 Å². The fourth-order valence-electron chi connectivity index (χ4n) is 2.33. The van der Waals surface area contributed by atoms with Crippen LogP contribution in [-0.4, -0.2) is 21.0 Å². The molecule has 0 bridgehead atoms. The highest BCUT2D eigenvalue weighted by atomic mass is 16.5. The summed E-state index contributed by atoms with van der Waals surface area (Å²) in [4.78, 5) is 0. The number of aromatic nitrogens is 3. The van der Waals surface area contributed by atoms with Gasteiger partial charge >= 0.3 is 0 Å². The Kier molecular flexibility index (Phi) is 3.72. The van der Waals surface area contributed by atoms with Gasteiger partial charge in [-0.25, -0.2) is 0 Å². The van der Waals surface area contributed by atoms with Gasteiger partial charge in [-0.2, -0.15) is 5.10 Å². The summed E-state index contributed by atoms with van der Waals surface area (Å²) < 4.78 is 9.87. The Bertz CT molecular complexity index is 670. The predicted molar refractivity (Wildman–Crippen MR) is 80.0 cm³/mol. The number of nitrogens with zero attached hydrogens (tertiary/aromatic N) is 3. The predicted octanol–water partition coefficient (Wildman–Crippen LogP) is 3.33. The summed E-state index contributed by atoms with van der Waals surface area (Å²) in [5.74, 6) is 0.948. The third kappa shape index (κ3) is 2.69. The van der Waals surface area contributed by atoms with Crippen LogP contribution >= 0.6 is 0 Å². The fraction of sp³-hybridized carbons (Fsp3) is 0.312. The van der Waals surface area contributed by atoms with Gasteiger partial charge in [0, 0.05) is 36.0 Å². The van der Waals surface area contributed by atoms with Gasteiger partial charge in [-0.15, -0.1) is 0 Å². The van der Waals surface area contributed by atoms with E-state index in [1.807, 2.05) is 29.2 Å². The number of fused-ring (bicyclic) bond motifs is 1. The van der Waals surface area contributed by atoms with Crippen LogP contribution < -0.4 is 4.74 Å². The number of ether oxygens (including phenoxy) is 1. The molecule has 2 heterocycles. The normalized spacial score (nSPS) is 11.1. The molecule has 0 atom stereocenters. The van der Waals surface area contributed by atoms with Crippen LogP contribution in [0, 0.1) is 0 Å². The molecule has 0 N–H and O–H groups in total. The molecular weight excluding hydrogens is 250 g/mol. The Hall–Kier alpha value is -2.23. The topological polar surface area (TPSA) is 32.0 Å². The zero-order valence-electron chi connectivity index (χ0n) is 11.7. The van der Waals surface area contributed by atoms with Crippen molar-refractivity contribution in [1.29, 1.82) is 0 Å². The lowest BCUT2D eigenvalue weighted by atomic mass is 10.2. The molecule has 3 rings (SSSR count). The van der Waals surface area contributed by atoms with Crippen molar-refractivity contribution in [3.8, 4) is 5.75 Å². The molecule has 0 spiro atoms. The molecule has 0 aliphatic heterocycles. The van der Waals surface area contributed by atoms with Crippen molar-refractivity contribution in [2.24, 2.45) is 0 Å². The molecule has 0 fully saturated rings. The van der Waals surface area contributed by atoms with Crippen LogP contribution in [0.25, 0.3) is 10.9 Å². The minimum Gasteiger partial charge on any atom is -0.494 e. The average molecular weight is 269 g/mol. The smallest absolute Gasteiger partial charge is 0.120 e. The molecule has 4 heteroatoms. The average Bonchev–Trinajstić information content (AvgIpc) is 3.12. The Balaban J connectivity index is 1.75. The number of benzene rings is 1. The third-order valence-corrected chi connectivity index (χ3v) is 3.34. The van der Waals surface area contributed by atoms with Gasteiger partial charge in [0.2, 0.25) is 0 Å². The van der Waals surface area contributed by atoms with Crippen molar-refractivity contribution in [2.75, 3.05) is 6.61 Å². The number of hydrogen-bond donors (Lipinski definition) is 0. The van der Waals surface area contributed by atoms with E-state index in [-0.39, 0.29) is 0 Å². The van der Waals surface area contributed by atoms with Crippen molar-refractivity contribution >= 4 is 10.9 Å². The van der Waals surface area contributed by atoms with Crippen molar-refractivity contribution in [2.45, 2.75) is 26.4 Å². The molecule has 0 aliphatic rings. The summed E-state index contributed by atoms with van der Waals surface area (Å²) in [6.45, 7) is 4.68. The van der Waals surface area contributed by atoms with E-state index in [1.54, 1.807) is 0 Å². The van der Waals surface area contributed by atoms with Crippen LogP contribution in [0.1, 0.15) is 13.3 Å². The Morgan fingerprint density at radius 1 is 1.15 bits per heavy atom. The van der Waals surface area contributed by atoms with Crippen molar-refractivity contribution < 1.29 is 4.74 Å². The first-order chi connectivity index (χ1) is 9.86. The summed E-state index contributed by atoms with van der Waals surface area (Å²) in [6.07, 6.45) is 6.95. The minimum atomic E-state index is 0.769. The molecule has 0 unspecified atom stereocenters. The van der Waals surface area contributed by atoms with E-state index in [1.165, 1.54) is 10.9 Å². The van der Waals surface area contributed by atoms with Crippen LogP contribution in [0.2, 0.25) is 0 Å². The number of aryl methyl sites for hydroxylation is 2. The van der Waals surface area contributed by atoms with E-state index in [2.05, 4.69) is 41.0 Å². The lowest BCUT2D eigenvalue weighted by molar-refractivity contribution is 0.318. The molecule has 0 saturated carbocycles. The summed E-state index contributed by atoms with van der Waals surface area (Å²) in [5, 5.41) is 5.45. The van der Waals surface area contributed by atoms with E-state index in [0.717, 1.165) is 31.9 Å². The first kappa shape index (κ1) is 12.8. The number of rotatable bonds is 6. The molecule has 0 amide bonds. The van der Waals surface area contributed by atoms with E-state index in [4.69, 9.17) is 4.74 Å². The van der Waals surface area contributed by atoms with Gasteiger partial charge in [0.05, 0.1) is 13.2 Å². The molecule has 20 heavy (non-hydrogen) atoms. The molecule has 0 radical (unpaired) electrons. The lowest BCUT2D eigenvalue weighted by Crippen LogP contribution is -2.06. The van der Waals surface area contributed by atoms with Gasteiger partial charge in [0.25, 0.3) is 0 Å². The second kappa shape index (κ2) is 5.82. The van der Waals surface area contributed by atoms with E-state index >= 15 is 0 Å². The SMILES string of the molecule is CCCOc1ccc2c(ccn2CCn2cccn2)c1. The van der Waals surface area contributed by atoms with Gasteiger partial charge in [-0.05, 0) is 36.8 Å². The fourth-order valence-corrected chi connectivity index (χ4v) is 2.33. The van der Waals surface area contributed by atoms with Crippen LogP contribution in [0.15, 0.2) is 48.9 Å². The van der Waals surface area contributed by atoms with Crippen LogP contribution in [0.5, 0.6) is 5.75 Å². The zero-order valence-corrected chi connectivity index (χ0v) is 11.7. The first-order valence-electron chi connectivity index (χ1n) is 7.06. The van der Waals surface area contributed by atoms with Crippen molar-refractivity contribution in [3.63, 3.8) is 0 Å². The highest BCUT2D eigenvalue weighted by Crippen LogP contribution is 2.22. The molecular formula is C16H19N3O. The van der Waals surface area contributed by atoms with E-state index < -0.39 is 0 Å². The monoisotopic (exact) mass is 269 g/mol. The summed E-state index contributed by atoms with van der Waals surface area (Å²) in [5.41, 5.74) is 1.24. The van der Waals surface area contributed by atoms with Gasteiger partial charge in [-0.1, -0.05) is 6.92 Å². The lowest BCUT2D eigenvalue weighted by Gasteiger charge is -2.07. The maximum Gasteiger partial charge on any atom is 0.120 e. The van der Waals surface area contributed by atoms with Gasteiger partial charge < -0.3 is 9.30 Å². The third-order valence-electron chi connectivity index (χ3n) is 3.34. The molecule has 1 aromatic carbocycles. The molecule has 0 saturated heterocycles. The molecule has 4 nitrogen and oxygen atoms in total. The van der Waals surface area contributed by atoms with Crippen molar-refractivity contribution in [3.05, 3.63) is 48.9 Å². The Morgan fingerprint density at radius 2 is 2.10 bits per heavy atom. The highest BCUT2D eigenvalue weighted by Gasteiger charge is 2.03. The van der Waals surface area contributed by atoms with E-state index in [0.29, 0.717) is 0 Å². The largest absolute Gasteiger partial charge is 0.494 e. The first-order valence-corrected chi connectivity index (χ1v) is 7.06. The second-order valence-electron chi connectivity index (χ2n) is 4.85. The molecule has 104 valence electrons. The second-order valence-corrected chi connectivity index (χ2v) is 4.85. The maximum atomic E-state index is 5.67. The van der Waals surface area contributed by atoms with Gasteiger partial charge in [0.15, 0.2) is 0 Å². The molecule has 2 aromatic heterocycles. The minimum absolute atomic E-state index is 0.769. The molecule has 0 aliphatic carbocycles.